The number of carbonyl (C=O) groups is 1. The van der Waals surface area contributed by atoms with E-state index in [1.807, 2.05) is 0 Å². The van der Waals surface area contributed by atoms with Crippen molar-refractivity contribution in [1.82, 2.24) is 4.98 Å². The molecule has 2 rings (SSSR count). The van der Waals surface area contributed by atoms with E-state index < -0.39 is 12.0 Å². The van der Waals surface area contributed by atoms with Crippen LogP contribution in [-0.2, 0) is 0 Å². The molecule has 0 atom stereocenters. The molecule has 17 heavy (non-hydrogen) atoms. The molecule has 0 fully saturated rings. The topological polar surface area (TPSA) is 30.0 Å². The van der Waals surface area contributed by atoms with Gasteiger partial charge in [-0.1, -0.05) is 6.07 Å². The van der Waals surface area contributed by atoms with Gasteiger partial charge < -0.3 is 0 Å². The van der Waals surface area contributed by atoms with Crippen LogP contribution in [0.15, 0.2) is 30.3 Å². The number of aromatic nitrogens is 1. The van der Waals surface area contributed by atoms with Gasteiger partial charge in [0.15, 0.2) is 0 Å². The number of fused-ring (bicyclic) bond motifs is 1. The molecule has 0 saturated heterocycles. The van der Waals surface area contributed by atoms with Gasteiger partial charge in [-0.25, -0.2) is 0 Å². The van der Waals surface area contributed by atoms with Gasteiger partial charge in [-0.05, 0) is 31.2 Å². The van der Waals surface area contributed by atoms with E-state index >= 15 is 0 Å². The summed E-state index contributed by atoms with van der Waals surface area (Å²) >= 11 is 0. The fourth-order valence-electron chi connectivity index (χ4n) is 1.53. The monoisotopic (exact) mass is 239 g/mol. The van der Waals surface area contributed by atoms with Crippen molar-refractivity contribution in [3.8, 4) is 0 Å². The third-order valence-electron chi connectivity index (χ3n) is 2.35. The molecule has 0 saturated carbocycles. The lowest BCUT2D eigenvalue weighted by molar-refractivity contribution is -0.0885. The number of alkyl halides is 3. The SMILES string of the molecule is Cc1ccc2cc(C(=O)C(F)(F)F)ccc2n1. The first-order chi connectivity index (χ1) is 7.88. The van der Waals surface area contributed by atoms with Crippen molar-refractivity contribution < 1.29 is 18.0 Å². The highest BCUT2D eigenvalue weighted by Crippen LogP contribution is 2.23. The molecular formula is C12H8F3NO. The number of nitrogens with zero attached hydrogens (tertiary/aromatic N) is 1. The summed E-state index contributed by atoms with van der Waals surface area (Å²) in [5.41, 5.74) is 0.978. The van der Waals surface area contributed by atoms with Gasteiger partial charge in [0.1, 0.15) is 0 Å². The quantitative estimate of drug-likeness (QED) is 0.715. The predicted molar refractivity (Wildman–Crippen MR) is 56.9 cm³/mol. The maximum atomic E-state index is 12.2. The first kappa shape index (κ1) is 11.6. The van der Waals surface area contributed by atoms with Crippen LogP contribution in [0.5, 0.6) is 0 Å². The molecule has 1 heterocycles. The normalized spacial score (nSPS) is 11.8. The van der Waals surface area contributed by atoms with Crippen LogP contribution in [0.25, 0.3) is 10.9 Å². The molecule has 2 aromatic rings. The third-order valence-corrected chi connectivity index (χ3v) is 2.35. The number of pyridine rings is 1. The number of Topliss-reactive ketones (excluding diaryl/α,β-unsaturated/α-hetero) is 1. The second-order valence-corrected chi connectivity index (χ2v) is 3.69. The molecule has 2 nitrogen and oxygen atoms in total. The van der Waals surface area contributed by atoms with Crippen LogP contribution < -0.4 is 0 Å². The van der Waals surface area contributed by atoms with Crippen LogP contribution in [-0.4, -0.2) is 16.9 Å². The van der Waals surface area contributed by atoms with Crippen molar-refractivity contribution in [2.75, 3.05) is 0 Å². The zero-order chi connectivity index (χ0) is 12.6. The number of aryl methyl sites for hydroxylation is 1. The van der Waals surface area contributed by atoms with E-state index in [2.05, 4.69) is 4.98 Å². The smallest absolute Gasteiger partial charge is 0.284 e. The van der Waals surface area contributed by atoms with E-state index in [4.69, 9.17) is 0 Å². The summed E-state index contributed by atoms with van der Waals surface area (Å²) in [6.07, 6.45) is -4.84. The molecule has 5 heteroatoms. The highest BCUT2D eigenvalue weighted by atomic mass is 19.4. The molecule has 0 N–H and O–H groups in total. The minimum atomic E-state index is -4.84. The number of hydrogen-bond donors (Lipinski definition) is 0. The Balaban J connectivity index is 2.52. The van der Waals surface area contributed by atoms with Crippen LogP contribution >= 0.6 is 0 Å². The fraction of sp³-hybridized carbons (Fsp3) is 0.167. The van der Waals surface area contributed by atoms with Gasteiger partial charge in [0.05, 0.1) is 5.52 Å². The van der Waals surface area contributed by atoms with Gasteiger partial charge >= 0.3 is 6.18 Å². The molecule has 0 aliphatic carbocycles. The van der Waals surface area contributed by atoms with Crippen molar-refractivity contribution in [3.05, 3.63) is 41.6 Å². The molecule has 0 amide bonds. The second-order valence-electron chi connectivity index (χ2n) is 3.69. The highest BCUT2D eigenvalue weighted by Gasteiger charge is 2.39. The lowest BCUT2D eigenvalue weighted by atomic mass is 10.1. The van der Waals surface area contributed by atoms with E-state index in [-0.39, 0.29) is 5.56 Å². The lowest BCUT2D eigenvalue weighted by Gasteiger charge is -2.06. The van der Waals surface area contributed by atoms with Crippen molar-refractivity contribution >= 4 is 16.7 Å². The van der Waals surface area contributed by atoms with Crippen molar-refractivity contribution in [2.45, 2.75) is 13.1 Å². The Morgan fingerprint density at radius 2 is 1.88 bits per heavy atom. The van der Waals surface area contributed by atoms with Gasteiger partial charge in [0, 0.05) is 16.6 Å². The number of rotatable bonds is 1. The van der Waals surface area contributed by atoms with Crippen LogP contribution in [0, 0.1) is 6.92 Å². The summed E-state index contributed by atoms with van der Waals surface area (Å²) in [6, 6.07) is 7.10. The summed E-state index contributed by atoms with van der Waals surface area (Å²) in [7, 11) is 0. The molecule has 0 aliphatic rings. The van der Waals surface area contributed by atoms with Crippen molar-refractivity contribution in [2.24, 2.45) is 0 Å². The van der Waals surface area contributed by atoms with Gasteiger partial charge in [-0.2, -0.15) is 13.2 Å². The molecule has 0 spiro atoms. The maximum Gasteiger partial charge on any atom is 0.454 e. The van der Waals surface area contributed by atoms with E-state index in [0.29, 0.717) is 10.9 Å². The standard InChI is InChI=1S/C12H8F3NO/c1-7-2-3-8-6-9(4-5-10(8)16-7)11(17)12(13,14)15/h2-6H,1H3. The van der Waals surface area contributed by atoms with Crippen LogP contribution in [0.2, 0.25) is 0 Å². The molecule has 88 valence electrons. The third kappa shape index (κ3) is 2.27. The first-order valence-electron chi connectivity index (χ1n) is 4.87. The Kier molecular flexibility index (Phi) is 2.61. The zero-order valence-electron chi connectivity index (χ0n) is 8.88. The maximum absolute atomic E-state index is 12.2. The summed E-state index contributed by atoms with van der Waals surface area (Å²) < 4.78 is 36.7. The number of hydrogen-bond acceptors (Lipinski definition) is 2. The average Bonchev–Trinajstić information content (AvgIpc) is 2.26. The molecule has 0 aliphatic heterocycles. The van der Waals surface area contributed by atoms with Crippen LogP contribution in [0.3, 0.4) is 0 Å². The fourth-order valence-corrected chi connectivity index (χ4v) is 1.53. The molecule has 1 aromatic carbocycles. The Morgan fingerprint density at radius 1 is 1.18 bits per heavy atom. The largest absolute Gasteiger partial charge is 0.454 e. The first-order valence-corrected chi connectivity index (χ1v) is 4.87. The molecule has 0 bridgehead atoms. The highest BCUT2D eigenvalue weighted by molar-refractivity contribution is 6.02. The Bertz CT molecular complexity index is 590. The Labute approximate surface area is 95.1 Å². The van der Waals surface area contributed by atoms with E-state index in [1.54, 1.807) is 19.1 Å². The van der Waals surface area contributed by atoms with Crippen molar-refractivity contribution in [1.29, 1.82) is 0 Å². The van der Waals surface area contributed by atoms with E-state index in [9.17, 15) is 18.0 Å². The number of carbonyl (C=O) groups excluding carboxylic acids is 1. The van der Waals surface area contributed by atoms with Crippen LogP contribution in [0.4, 0.5) is 13.2 Å². The minimum Gasteiger partial charge on any atom is -0.284 e. The summed E-state index contributed by atoms with van der Waals surface area (Å²) in [5, 5.41) is 0.519. The number of ketones is 1. The molecular weight excluding hydrogens is 231 g/mol. The second kappa shape index (κ2) is 3.84. The van der Waals surface area contributed by atoms with Gasteiger partial charge in [-0.3, -0.25) is 9.78 Å². The summed E-state index contributed by atoms with van der Waals surface area (Å²) in [5.74, 6) is -1.83. The number of halogens is 3. The average molecular weight is 239 g/mol. The Morgan fingerprint density at radius 3 is 2.53 bits per heavy atom. The molecule has 0 radical (unpaired) electrons. The summed E-state index contributed by atoms with van der Waals surface area (Å²) in [6.45, 7) is 1.79. The summed E-state index contributed by atoms with van der Waals surface area (Å²) in [4.78, 5) is 15.2. The van der Waals surface area contributed by atoms with Gasteiger partial charge in [-0.15, -0.1) is 0 Å². The molecule has 0 unspecified atom stereocenters. The lowest BCUT2D eigenvalue weighted by Crippen LogP contribution is -2.22. The van der Waals surface area contributed by atoms with Crippen LogP contribution in [0.1, 0.15) is 16.1 Å². The van der Waals surface area contributed by atoms with Gasteiger partial charge in [0.2, 0.25) is 0 Å². The molecule has 1 aromatic heterocycles. The van der Waals surface area contributed by atoms with Crippen molar-refractivity contribution in [3.63, 3.8) is 0 Å². The van der Waals surface area contributed by atoms with E-state index in [0.717, 1.165) is 11.8 Å². The minimum absolute atomic E-state index is 0.365. The Hall–Kier alpha value is -1.91. The number of benzene rings is 1. The van der Waals surface area contributed by atoms with E-state index in [1.165, 1.54) is 12.1 Å². The predicted octanol–water partition coefficient (Wildman–Crippen LogP) is 3.29. The van der Waals surface area contributed by atoms with Gasteiger partial charge in [0.25, 0.3) is 5.78 Å². The zero-order valence-corrected chi connectivity index (χ0v) is 8.88.